The van der Waals surface area contributed by atoms with Gasteiger partial charge < -0.3 is 15.2 Å². The van der Waals surface area contributed by atoms with E-state index in [-0.39, 0.29) is 18.4 Å². The van der Waals surface area contributed by atoms with Crippen molar-refractivity contribution in [1.82, 2.24) is 0 Å². The van der Waals surface area contributed by atoms with Gasteiger partial charge in [0.15, 0.2) is 6.10 Å². The first-order valence-electron chi connectivity index (χ1n) is 8.91. The lowest BCUT2D eigenvalue weighted by molar-refractivity contribution is -0.142. The number of para-hydroxylation sites is 2. The monoisotopic (exact) mass is 382 g/mol. The minimum atomic E-state index is -1.03. The zero-order valence-corrected chi connectivity index (χ0v) is 15.9. The van der Waals surface area contributed by atoms with Crippen LogP contribution < -0.4 is 15.0 Å². The third kappa shape index (κ3) is 3.69. The van der Waals surface area contributed by atoms with Crippen molar-refractivity contribution < 1.29 is 24.2 Å². The highest BCUT2D eigenvalue weighted by atomic mass is 16.5. The summed E-state index contributed by atoms with van der Waals surface area (Å²) in [7, 11) is 0. The zero-order valence-electron chi connectivity index (χ0n) is 15.9. The fourth-order valence-corrected chi connectivity index (χ4v) is 2.96. The Morgan fingerprint density at radius 2 is 1.79 bits per heavy atom. The van der Waals surface area contributed by atoms with Gasteiger partial charge >= 0.3 is 5.97 Å². The zero-order chi connectivity index (χ0) is 20.5. The molecule has 0 fully saturated rings. The maximum atomic E-state index is 12.5. The second kappa shape index (κ2) is 7.34. The first kappa shape index (κ1) is 19.4. The van der Waals surface area contributed by atoms with Gasteiger partial charge in [0.25, 0.3) is 5.91 Å². The van der Waals surface area contributed by atoms with Gasteiger partial charge in [0.05, 0.1) is 11.1 Å². The summed E-state index contributed by atoms with van der Waals surface area (Å²) >= 11 is 0. The van der Waals surface area contributed by atoms with E-state index in [1.807, 2.05) is 0 Å². The maximum Gasteiger partial charge on any atom is 0.313 e. The molecule has 0 saturated carbocycles. The number of carbonyl (C=O) groups excluding carboxylic acids is 2. The number of benzene rings is 2. The molecule has 1 aliphatic rings. The number of carboxylic acids is 1. The van der Waals surface area contributed by atoms with E-state index in [9.17, 15) is 19.5 Å². The Hall–Kier alpha value is -3.35. The van der Waals surface area contributed by atoms with E-state index in [1.165, 1.54) is 4.90 Å². The Balaban J connectivity index is 1.72. The summed E-state index contributed by atoms with van der Waals surface area (Å²) in [4.78, 5) is 37.7. The lowest BCUT2D eigenvalue weighted by Crippen LogP contribution is -2.47. The standard InChI is InChI=1S/C21H22N2O5/c1-13-19(25)23(16-6-4-5-7-17(16)28-13)12-18(24)22-15-10-8-14(9-11-15)21(2,3)20(26)27/h4-11,13H,12H2,1-3H3,(H,22,24)(H,26,27). The molecular weight excluding hydrogens is 360 g/mol. The molecule has 2 aromatic rings. The molecule has 1 atom stereocenters. The maximum absolute atomic E-state index is 12.5. The van der Waals surface area contributed by atoms with Crippen LogP contribution in [-0.4, -0.2) is 35.5 Å². The fourth-order valence-electron chi connectivity index (χ4n) is 2.96. The van der Waals surface area contributed by atoms with Crippen LogP contribution in [0.25, 0.3) is 0 Å². The summed E-state index contributed by atoms with van der Waals surface area (Å²) in [6.45, 7) is 4.73. The van der Waals surface area contributed by atoms with Crippen molar-refractivity contribution in [2.24, 2.45) is 0 Å². The molecule has 7 nitrogen and oxygen atoms in total. The number of nitrogens with zero attached hydrogens (tertiary/aromatic N) is 1. The fraction of sp³-hybridized carbons (Fsp3) is 0.286. The Morgan fingerprint density at radius 1 is 1.14 bits per heavy atom. The normalized spacial score (nSPS) is 16.2. The Bertz CT molecular complexity index is 921. The van der Waals surface area contributed by atoms with Gasteiger partial charge in [-0.25, -0.2) is 0 Å². The number of aliphatic carboxylic acids is 1. The lowest BCUT2D eigenvalue weighted by Gasteiger charge is -2.32. The van der Waals surface area contributed by atoms with Crippen molar-refractivity contribution in [3.05, 3.63) is 54.1 Å². The van der Waals surface area contributed by atoms with Gasteiger partial charge in [-0.15, -0.1) is 0 Å². The van der Waals surface area contributed by atoms with Crippen molar-refractivity contribution in [3.8, 4) is 5.75 Å². The molecule has 2 amide bonds. The molecule has 28 heavy (non-hydrogen) atoms. The first-order valence-corrected chi connectivity index (χ1v) is 8.91. The molecule has 0 aromatic heterocycles. The predicted octanol–water partition coefficient (Wildman–Crippen LogP) is 2.80. The minimum Gasteiger partial charge on any atom is -0.481 e. The first-order chi connectivity index (χ1) is 13.2. The summed E-state index contributed by atoms with van der Waals surface area (Å²) in [5.41, 5.74) is 0.684. The number of hydrogen-bond donors (Lipinski definition) is 2. The van der Waals surface area contributed by atoms with Crippen LogP contribution in [-0.2, 0) is 19.8 Å². The van der Waals surface area contributed by atoms with E-state index >= 15 is 0 Å². The molecule has 0 bridgehead atoms. The number of nitrogens with one attached hydrogen (secondary N) is 1. The lowest BCUT2D eigenvalue weighted by atomic mass is 9.85. The van der Waals surface area contributed by atoms with E-state index < -0.39 is 17.5 Å². The second-order valence-electron chi connectivity index (χ2n) is 7.21. The molecule has 1 aliphatic heterocycles. The highest BCUT2D eigenvalue weighted by Crippen LogP contribution is 2.33. The van der Waals surface area contributed by atoms with Gasteiger partial charge in [0.1, 0.15) is 12.3 Å². The topological polar surface area (TPSA) is 95.9 Å². The number of anilines is 2. The highest BCUT2D eigenvalue weighted by molar-refractivity contribution is 6.06. The highest BCUT2D eigenvalue weighted by Gasteiger charge is 2.32. The van der Waals surface area contributed by atoms with Crippen LogP contribution in [0.4, 0.5) is 11.4 Å². The van der Waals surface area contributed by atoms with Crippen molar-refractivity contribution in [2.75, 3.05) is 16.8 Å². The molecule has 0 saturated heterocycles. The molecule has 3 rings (SSSR count). The number of ether oxygens (including phenoxy) is 1. The SMILES string of the molecule is CC1Oc2ccccc2N(CC(=O)Nc2ccc(C(C)(C)C(=O)O)cc2)C1=O. The number of hydrogen-bond acceptors (Lipinski definition) is 4. The number of carbonyl (C=O) groups is 3. The van der Waals surface area contributed by atoms with Gasteiger partial charge in [0, 0.05) is 5.69 Å². The van der Waals surface area contributed by atoms with Crippen molar-refractivity contribution in [2.45, 2.75) is 32.3 Å². The summed E-state index contributed by atoms with van der Waals surface area (Å²) in [6.07, 6.45) is -0.666. The minimum absolute atomic E-state index is 0.147. The molecule has 0 spiro atoms. The van der Waals surface area contributed by atoms with Gasteiger partial charge in [-0.2, -0.15) is 0 Å². The van der Waals surface area contributed by atoms with E-state index in [0.29, 0.717) is 22.7 Å². The summed E-state index contributed by atoms with van der Waals surface area (Å²) in [5.74, 6) is -1.01. The van der Waals surface area contributed by atoms with Crippen LogP contribution >= 0.6 is 0 Å². The number of amides is 2. The van der Waals surface area contributed by atoms with Crippen LogP contribution in [0.15, 0.2) is 48.5 Å². The predicted molar refractivity (Wildman–Crippen MR) is 105 cm³/mol. The second-order valence-corrected chi connectivity index (χ2v) is 7.21. The summed E-state index contributed by atoms with van der Waals surface area (Å²) in [6, 6.07) is 13.7. The van der Waals surface area contributed by atoms with Gasteiger partial charge in [-0.05, 0) is 50.6 Å². The quantitative estimate of drug-likeness (QED) is 0.829. The summed E-state index contributed by atoms with van der Waals surface area (Å²) < 4.78 is 5.57. The summed E-state index contributed by atoms with van der Waals surface area (Å²) in [5, 5.41) is 12.0. The molecule has 1 heterocycles. The van der Waals surface area contributed by atoms with E-state index in [1.54, 1.807) is 69.3 Å². The average molecular weight is 382 g/mol. The third-order valence-corrected chi connectivity index (χ3v) is 4.80. The van der Waals surface area contributed by atoms with E-state index in [2.05, 4.69) is 5.32 Å². The Morgan fingerprint density at radius 3 is 2.43 bits per heavy atom. The number of carboxylic acid groups (broad SMARTS) is 1. The molecule has 7 heteroatoms. The average Bonchev–Trinajstić information content (AvgIpc) is 2.65. The Labute approximate surface area is 162 Å². The number of fused-ring (bicyclic) bond motifs is 1. The van der Waals surface area contributed by atoms with E-state index in [0.717, 1.165) is 0 Å². The smallest absolute Gasteiger partial charge is 0.313 e. The molecule has 0 radical (unpaired) electrons. The van der Waals surface area contributed by atoms with Crippen LogP contribution in [0, 0.1) is 0 Å². The molecular formula is C21H22N2O5. The molecule has 0 aliphatic carbocycles. The Kier molecular flexibility index (Phi) is 5.09. The van der Waals surface area contributed by atoms with Crippen molar-refractivity contribution in [1.29, 1.82) is 0 Å². The van der Waals surface area contributed by atoms with Crippen LogP contribution in [0.5, 0.6) is 5.75 Å². The molecule has 2 aromatic carbocycles. The largest absolute Gasteiger partial charge is 0.481 e. The third-order valence-electron chi connectivity index (χ3n) is 4.80. The van der Waals surface area contributed by atoms with Gasteiger partial charge in [-0.3, -0.25) is 19.3 Å². The van der Waals surface area contributed by atoms with Crippen LogP contribution in [0.2, 0.25) is 0 Å². The van der Waals surface area contributed by atoms with E-state index in [4.69, 9.17) is 4.74 Å². The van der Waals surface area contributed by atoms with Gasteiger partial charge in [-0.1, -0.05) is 24.3 Å². The molecule has 2 N–H and O–H groups in total. The molecule has 1 unspecified atom stereocenters. The molecule has 146 valence electrons. The number of rotatable bonds is 5. The van der Waals surface area contributed by atoms with Gasteiger partial charge in [0.2, 0.25) is 5.91 Å². The van der Waals surface area contributed by atoms with Crippen LogP contribution in [0.1, 0.15) is 26.3 Å². The van der Waals surface area contributed by atoms with Crippen molar-refractivity contribution in [3.63, 3.8) is 0 Å². The van der Waals surface area contributed by atoms with Crippen LogP contribution in [0.3, 0.4) is 0 Å². The van der Waals surface area contributed by atoms with Crippen molar-refractivity contribution >= 4 is 29.2 Å².